The lowest BCUT2D eigenvalue weighted by molar-refractivity contribution is -0.174. The molecule has 0 radical (unpaired) electrons. The quantitative estimate of drug-likeness (QED) is 0.607. The minimum Gasteiger partial charge on any atom is -0.463 e. The molecule has 2 aliphatic heterocycles. The van der Waals surface area contributed by atoms with Crippen molar-refractivity contribution in [3.63, 3.8) is 0 Å². The summed E-state index contributed by atoms with van der Waals surface area (Å²) in [5, 5.41) is 2.49. The topological polar surface area (TPSA) is 72.5 Å². The maximum Gasteiger partial charge on any atom is 0.311 e. The zero-order chi connectivity index (χ0) is 17.6. The van der Waals surface area contributed by atoms with Crippen LogP contribution < -0.4 is 5.32 Å². The number of amides is 2. The molecule has 1 saturated carbocycles. The molecule has 134 valence electrons. The molecule has 3 fully saturated rings. The Bertz CT molecular complexity index is 547. The van der Waals surface area contributed by atoms with Crippen LogP contribution in [-0.2, 0) is 19.1 Å². The van der Waals surface area contributed by atoms with Gasteiger partial charge in [0.2, 0.25) is 11.8 Å². The number of thioether (sulfide) groups is 2. The van der Waals surface area contributed by atoms with E-state index in [-0.39, 0.29) is 17.8 Å². The summed E-state index contributed by atoms with van der Waals surface area (Å²) in [6.45, 7) is 5.95. The molecule has 24 heavy (non-hydrogen) atoms. The van der Waals surface area contributed by atoms with Gasteiger partial charge in [-0.15, -0.1) is 23.5 Å². The molecule has 0 aromatic carbocycles. The normalized spacial score (nSPS) is 40.1. The Morgan fingerprint density at radius 3 is 2.17 bits per heavy atom. The Balaban J connectivity index is 1.72. The number of carbonyl (C=O) groups excluding carboxylic acids is 3. The van der Waals surface area contributed by atoms with E-state index in [1.54, 1.807) is 0 Å². The number of hydrogen-bond acceptors (Lipinski definition) is 6. The second kappa shape index (κ2) is 6.24. The molecular weight excluding hydrogens is 346 g/mol. The molecule has 3 atom stereocenters. The lowest BCUT2D eigenvalue weighted by Gasteiger charge is -2.52. The summed E-state index contributed by atoms with van der Waals surface area (Å²) in [4.78, 5) is 37.4. The van der Waals surface area contributed by atoms with Crippen molar-refractivity contribution in [3.8, 4) is 0 Å². The molecule has 0 aromatic rings. The Morgan fingerprint density at radius 1 is 1.08 bits per heavy atom. The van der Waals surface area contributed by atoms with Gasteiger partial charge in [-0.05, 0) is 44.1 Å². The van der Waals surface area contributed by atoms with E-state index in [2.05, 4.69) is 5.32 Å². The van der Waals surface area contributed by atoms with Crippen LogP contribution >= 0.6 is 23.5 Å². The van der Waals surface area contributed by atoms with E-state index in [9.17, 15) is 14.4 Å². The third-order valence-corrected chi connectivity index (χ3v) is 8.28. The van der Waals surface area contributed by atoms with Crippen molar-refractivity contribution in [1.82, 2.24) is 5.32 Å². The van der Waals surface area contributed by atoms with Gasteiger partial charge in [0, 0.05) is 10.8 Å². The van der Waals surface area contributed by atoms with Crippen molar-refractivity contribution in [2.45, 2.75) is 51.0 Å². The number of imide groups is 1. The van der Waals surface area contributed by atoms with E-state index in [0.717, 1.165) is 11.5 Å². The van der Waals surface area contributed by atoms with Crippen LogP contribution in [0.3, 0.4) is 0 Å². The highest BCUT2D eigenvalue weighted by Gasteiger charge is 2.61. The van der Waals surface area contributed by atoms with E-state index in [1.807, 2.05) is 44.3 Å². The van der Waals surface area contributed by atoms with E-state index >= 15 is 0 Å². The molecule has 1 unspecified atom stereocenters. The SMILES string of the molecule is CC1(C(=O)OCC2SCCCS2)C[C@@]2(C)C[C@@](C)(C1)C(=O)NC2=O. The number of nitrogens with one attached hydrogen (secondary N) is 1. The van der Waals surface area contributed by atoms with Crippen molar-refractivity contribution in [1.29, 1.82) is 0 Å². The Morgan fingerprint density at radius 2 is 1.62 bits per heavy atom. The lowest BCUT2D eigenvalue weighted by Crippen LogP contribution is -2.63. The van der Waals surface area contributed by atoms with Gasteiger partial charge in [0.1, 0.15) is 6.61 Å². The van der Waals surface area contributed by atoms with Crippen LogP contribution in [0.2, 0.25) is 0 Å². The predicted molar refractivity (Wildman–Crippen MR) is 95.6 cm³/mol. The smallest absolute Gasteiger partial charge is 0.311 e. The highest BCUT2D eigenvalue weighted by Crippen LogP contribution is 2.57. The van der Waals surface area contributed by atoms with Crippen LogP contribution in [0, 0.1) is 16.2 Å². The molecule has 0 aromatic heterocycles. The fourth-order valence-electron chi connectivity index (χ4n) is 4.59. The molecule has 3 aliphatic rings. The largest absolute Gasteiger partial charge is 0.463 e. The summed E-state index contributed by atoms with van der Waals surface area (Å²) in [6, 6.07) is 0. The molecule has 1 N–H and O–H groups in total. The van der Waals surface area contributed by atoms with Crippen molar-refractivity contribution in [2.75, 3.05) is 18.1 Å². The average Bonchev–Trinajstić information content (AvgIpc) is 2.51. The lowest BCUT2D eigenvalue weighted by atomic mass is 9.52. The number of carbonyl (C=O) groups is 3. The average molecular weight is 372 g/mol. The third-order valence-electron chi connectivity index (χ3n) is 5.40. The number of piperidine rings is 1. The summed E-state index contributed by atoms with van der Waals surface area (Å²) in [5.41, 5.74) is -2.18. The zero-order valence-electron chi connectivity index (χ0n) is 14.5. The van der Waals surface area contributed by atoms with Crippen LogP contribution in [-0.4, -0.2) is 40.5 Å². The maximum absolute atomic E-state index is 12.8. The van der Waals surface area contributed by atoms with Crippen molar-refractivity contribution >= 4 is 41.3 Å². The van der Waals surface area contributed by atoms with E-state index in [0.29, 0.717) is 30.5 Å². The fraction of sp³-hybridized carbons (Fsp3) is 0.824. The van der Waals surface area contributed by atoms with Gasteiger partial charge >= 0.3 is 5.97 Å². The van der Waals surface area contributed by atoms with Crippen LogP contribution in [0.4, 0.5) is 0 Å². The van der Waals surface area contributed by atoms with Gasteiger partial charge < -0.3 is 4.74 Å². The standard InChI is InChI=1S/C17H25NO4S2/c1-15-8-16(2,13(20)18-12(15)19)10-17(3,9-15)14(21)22-7-11-23-5-4-6-24-11/h11H,4-10H2,1-3H3,(H,18,19,20)/t15-,16+,17?. The molecular formula is C17H25NO4S2. The molecule has 0 spiro atoms. The van der Waals surface area contributed by atoms with E-state index in [4.69, 9.17) is 4.74 Å². The van der Waals surface area contributed by atoms with Gasteiger partial charge in [0.25, 0.3) is 0 Å². The summed E-state index contributed by atoms with van der Waals surface area (Å²) in [6.07, 6.45) is 2.56. The highest BCUT2D eigenvalue weighted by molar-refractivity contribution is 8.17. The number of rotatable bonds is 3. The van der Waals surface area contributed by atoms with E-state index < -0.39 is 16.2 Å². The molecule has 2 heterocycles. The summed E-state index contributed by atoms with van der Waals surface area (Å²) in [5.74, 6) is 1.42. The second-order valence-electron chi connectivity index (χ2n) is 8.12. The maximum atomic E-state index is 12.8. The van der Waals surface area contributed by atoms with Crippen molar-refractivity contribution < 1.29 is 19.1 Å². The molecule has 3 rings (SSSR count). The number of esters is 1. The Kier molecular flexibility index (Phi) is 4.71. The molecule has 1 aliphatic carbocycles. The van der Waals surface area contributed by atoms with Gasteiger partial charge in [0.15, 0.2) is 0 Å². The van der Waals surface area contributed by atoms with Crippen LogP contribution in [0.15, 0.2) is 0 Å². The molecule has 2 amide bonds. The first-order valence-electron chi connectivity index (χ1n) is 8.43. The zero-order valence-corrected chi connectivity index (χ0v) is 16.1. The number of hydrogen-bond donors (Lipinski definition) is 1. The molecule has 5 nitrogen and oxygen atoms in total. The van der Waals surface area contributed by atoms with Gasteiger partial charge in [-0.2, -0.15) is 0 Å². The van der Waals surface area contributed by atoms with Crippen molar-refractivity contribution in [3.05, 3.63) is 0 Å². The number of ether oxygens (including phenoxy) is 1. The first-order chi connectivity index (χ1) is 11.2. The third kappa shape index (κ3) is 3.21. The molecule has 2 saturated heterocycles. The second-order valence-corrected chi connectivity index (χ2v) is 11.0. The van der Waals surface area contributed by atoms with Gasteiger partial charge in [-0.25, -0.2) is 0 Å². The molecule has 7 heteroatoms. The van der Waals surface area contributed by atoms with E-state index in [1.165, 1.54) is 6.42 Å². The van der Waals surface area contributed by atoms with Crippen LogP contribution in [0.5, 0.6) is 0 Å². The van der Waals surface area contributed by atoms with Gasteiger partial charge in [0.05, 0.1) is 10.00 Å². The van der Waals surface area contributed by atoms with Gasteiger partial charge in [-0.3, -0.25) is 19.7 Å². The molecule has 2 bridgehead atoms. The van der Waals surface area contributed by atoms with Crippen LogP contribution in [0.1, 0.15) is 46.5 Å². The first kappa shape index (κ1) is 18.1. The Hall–Kier alpha value is -0.690. The summed E-state index contributed by atoms with van der Waals surface area (Å²) in [7, 11) is 0. The van der Waals surface area contributed by atoms with Gasteiger partial charge in [-0.1, -0.05) is 13.8 Å². The van der Waals surface area contributed by atoms with Crippen molar-refractivity contribution in [2.24, 2.45) is 16.2 Å². The minimum atomic E-state index is -0.792. The highest BCUT2D eigenvalue weighted by atomic mass is 32.2. The summed E-state index contributed by atoms with van der Waals surface area (Å²) >= 11 is 3.67. The Labute approximate surface area is 151 Å². The summed E-state index contributed by atoms with van der Waals surface area (Å²) < 4.78 is 5.92. The monoisotopic (exact) mass is 371 g/mol. The van der Waals surface area contributed by atoms with Crippen LogP contribution in [0.25, 0.3) is 0 Å². The predicted octanol–water partition coefficient (Wildman–Crippen LogP) is 2.58. The fourth-order valence-corrected chi connectivity index (χ4v) is 7.21. The number of fused-ring (bicyclic) bond motifs is 2. The minimum absolute atomic E-state index is 0.262. The first-order valence-corrected chi connectivity index (χ1v) is 10.5.